The number of benzene rings is 2. The molecule has 38 heavy (non-hydrogen) atoms. The molecule has 10 heteroatoms. The van der Waals surface area contributed by atoms with Gasteiger partial charge < -0.3 is 9.30 Å². The van der Waals surface area contributed by atoms with Crippen molar-refractivity contribution in [2.24, 2.45) is 0 Å². The van der Waals surface area contributed by atoms with Crippen LogP contribution in [0.25, 0.3) is 22.3 Å². The number of aromatic nitrogens is 5. The van der Waals surface area contributed by atoms with Gasteiger partial charge in [0.1, 0.15) is 29.5 Å². The molecule has 1 aliphatic carbocycles. The Labute approximate surface area is 220 Å². The number of fused-ring (bicyclic) bond motifs is 3. The number of imidazole rings is 1. The molecule has 0 saturated heterocycles. The molecule has 8 nitrogen and oxygen atoms in total. The highest BCUT2D eigenvalue weighted by molar-refractivity contribution is 6.34. The molecular weight excluding hydrogens is 509 g/mol. The molecule has 0 unspecified atom stereocenters. The van der Waals surface area contributed by atoms with Gasteiger partial charge in [0.15, 0.2) is 11.5 Å². The summed E-state index contributed by atoms with van der Waals surface area (Å²) in [6.07, 6.45) is 3.91. The Morgan fingerprint density at radius 2 is 2.03 bits per heavy atom. The zero-order valence-corrected chi connectivity index (χ0v) is 21.1. The summed E-state index contributed by atoms with van der Waals surface area (Å²) in [4.78, 5) is 23.7. The number of ether oxygens (including phenoxy) is 1. The lowest BCUT2D eigenvalue weighted by molar-refractivity contribution is 0.305. The molecular formula is C28H21ClFN5O3. The Kier molecular flexibility index (Phi) is 5.23. The largest absolute Gasteiger partial charge is 0.488 e. The minimum Gasteiger partial charge on any atom is -0.488 e. The summed E-state index contributed by atoms with van der Waals surface area (Å²) in [5.41, 5.74) is 6.51. The van der Waals surface area contributed by atoms with Gasteiger partial charge in [-0.2, -0.15) is 0 Å². The van der Waals surface area contributed by atoms with E-state index in [9.17, 15) is 9.18 Å². The summed E-state index contributed by atoms with van der Waals surface area (Å²) in [5.74, 6) is 1.09. The summed E-state index contributed by atoms with van der Waals surface area (Å²) in [5, 5.41) is 4.47. The van der Waals surface area contributed by atoms with Crippen molar-refractivity contribution in [1.82, 2.24) is 24.7 Å². The van der Waals surface area contributed by atoms with E-state index in [0.29, 0.717) is 45.7 Å². The first-order chi connectivity index (χ1) is 18.5. The van der Waals surface area contributed by atoms with Crippen molar-refractivity contribution in [3.63, 3.8) is 0 Å². The molecule has 0 radical (unpaired) electrons. The van der Waals surface area contributed by atoms with Crippen LogP contribution in [0.4, 0.5) is 4.39 Å². The van der Waals surface area contributed by atoms with E-state index >= 15 is 0 Å². The van der Waals surface area contributed by atoms with E-state index in [1.165, 1.54) is 12.1 Å². The summed E-state index contributed by atoms with van der Waals surface area (Å²) in [6.45, 7) is 2.66. The number of halogens is 2. The maximum absolute atomic E-state index is 14.2. The van der Waals surface area contributed by atoms with Crippen LogP contribution in [0.1, 0.15) is 59.6 Å². The SMILES string of the molecule is C/C(=C1/c2ccc(Cn3c(C4CC4)nc4c(Cl)ccnc43)cc2COc2cc(F)ccc21)c1noc(=O)[nH]1. The molecule has 1 N–H and O–H groups in total. The van der Waals surface area contributed by atoms with Gasteiger partial charge in [-0.05, 0) is 66.3 Å². The van der Waals surface area contributed by atoms with Gasteiger partial charge in [0, 0.05) is 29.3 Å². The number of nitrogens with one attached hydrogen (secondary N) is 1. The van der Waals surface area contributed by atoms with Crippen LogP contribution in [-0.4, -0.2) is 24.7 Å². The summed E-state index contributed by atoms with van der Waals surface area (Å²) < 4.78 is 27.1. The van der Waals surface area contributed by atoms with Gasteiger partial charge in [0.25, 0.3) is 0 Å². The Hall–Kier alpha value is -4.24. The third-order valence-electron chi connectivity index (χ3n) is 7.10. The van der Waals surface area contributed by atoms with Crippen LogP contribution in [0, 0.1) is 5.82 Å². The maximum atomic E-state index is 14.2. The van der Waals surface area contributed by atoms with Crippen molar-refractivity contribution in [3.05, 3.63) is 104 Å². The topological polar surface area (TPSA) is 98.8 Å². The second-order valence-electron chi connectivity index (χ2n) is 9.66. The van der Waals surface area contributed by atoms with Crippen molar-refractivity contribution < 1.29 is 13.7 Å². The number of pyridine rings is 1. The van der Waals surface area contributed by atoms with E-state index in [1.807, 2.05) is 13.0 Å². The first-order valence-corrected chi connectivity index (χ1v) is 12.7. The van der Waals surface area contributed by atoms with Crippen LogP contribution < -0.4 is 10.5 Å². The van der Waals surface area contributed by atoms with Crippen LogP contribution in [0.5, 0.6) is 5.75 Å². The van der Waals surface area contributed by atoms with Crippen molar-refractivity contribution in [2.75, 3.05) is 0 Å². The maximum Gasteiger partial charge on any atom is 0.439 e. The molecule has 0 spiro atoms. The van der Waals surface area contributed by atoms with Crippen LogP contribution in [0.15, 0.2) is 58.0 Å². The van der Waals surface area contributed by atoms with Crippen molar-refractivity contribution in [2.45, 2.75) is 38.8 Å². The summed E-state index contributed by atoms with van der Waals surface area (Å²) >= 11 is 6.44. The molecule has 1 saturated carbocycles. The average molecular weight is 530 g/mol. The van der Waals surface area contributed by atoms with Crippen LogP contribution in [-0.2, 0) is 13.2 Å². The van der Waals surface area contributed by atoms with Crippen molar-refractivity contribution >= 4 is 33.9 Å². The smallest absolute Gasteiger partial charge is 0.439 e. The molecule has 2 aromatic carbocycles. The van der Waals surface area contributed by atoms with Crippen molar-refractivity contribution in [1.29, 1.82) is 0 Å². The van der Waals surface area contributed by atoms with Gasteiger partial charge >= 0.3 is 5.76 Å². The van der Waals surface area contributed by atoms with Crippen LogP contribution >= 0.6 is 11.6 Å². The number of hydrogen-bond acceptors (Lipinski definition) is 6. The third-order valence-corrected chi connectivity index (χ3v) is 7.41. The molecule has 5 aromatic rings. The van der Waals surface area contributed by atoms with E-state index in [-0.39, 0.29) is 6.61 Å². The predicted molar refractivity (Wildman–Crippen MR) is 140 cm³/mol. The molecule has 190 valence electrons. The first kappa shape index (κ1) is 22.9. The molecule has 3 aromatic heterocycles. The summed E-state index contributed by atoms with van der Waals surface area (Å²) in [7, 11) is 0. The predicted octanol–water partition coefficient (Wildman–Crippen LogP) is 5.70. The second kappa shape index (κ2) is 8.66. The first-order valence-electron chi connectivity index (χ1n) is 12.3. The quantitative estimate of drug-likeness (QED) is 0.321. The molecule has 0 atom stereocenters. The monoisotopic (exact) mass is 529 g/mol. The number of allylic oxidation sites excluding steroid dienone is 1. The molecule has 1 fully saturated rings. The molecule has 7 rings (SSSR count). The Bertz CT molecular complexity index is 1830. The van der Waals surface area contributed by atoms with E-state index in [1.54, 1.807) is 18.3 Å². The fraction of sp³-hybridized carbons (Fsp3) is 0.214. The van der Waals surface area contributed by atoms with Gasteiger partial charge in [0.05, 0.1) is 11.6 Å². The van der Waals surface area contributed by atoms with Crippen LogP contribution in [0.3, 0.4) is 0 Å². The van der Waals surface area contributed by atoms with Gasteiger partial charge in [-0.25, -0.2) is 19.2 Å². The fourth-order valence-corrected chi connectivity index (χ4v) is 5.32. The highest BCUT2D eigenvalue weighted by Crippen LogP contribution is 2.43. The number of nitrogens with zero attached hydrogens (tertiary/aromatic N) is 4. The van der Waals surface area contributed by atoms with Gasteiger partial charge in [-0.1, -0.05) is 28.9 Å². The highest BCUT2D eigenvalue weighted by atomic mass is 35.5. The number of rotatable bonds is 4. The molecule has 4 heterocycles. The second-order valence-corrected chi connectivity index (χ2v) is 10.1. The average Bonchev–Trinajstić information content (AvgIpc) is 3.59. The zero-order valence-electron chi connectivity index (χ0n) is 20.3. The molecule has 2 aliphatic rings. The molecule has 0 bridgehead atoms. The van der Waals surface area contributed by atoms with E-state index in [0.717, 1.165) is 46.6 Å². The van der Waals surface area contributed by atoms with Gasteiger partial charge in [0.2, 0.25) is 0 Å². The van der Waals surface area contributed by atoms with E-state index in [4.69, 9.17) is 25.8 Å². The zero-order chi connectivity index (χ0) is 26.0. The Morgan fingerprint density at radius 1 is 1.18 bits per heavy atom. The minimum absolute atomic E-state index is 0.246. The van der Waals surface area contributed by atoms with Crippen LogP contribution in [0.2, 0.25) is 5.02 Å². The molecule has 0 amide bonds. The standard InChI is InChI=1S/C28H21ClFN5O3/c1-14(25-33-28(36)38-34-25)23-19-6-2-15(10-17(19)13-37-22-11-18(30)5-7-20(22)23)12-35-26(16-3-4-16)32-24-21(29)8-9-31-27(24)35/h2,5-11,16H,3-4,12-13H2,1H3,(H,33,34,36)/b23-14+. The fourth-order valence-electron chi connectivity index (χ4n) is 5.14. The third kappa shape index (κ3) is 3.81. The normalized spacial score (nSPS) is 16.1. The highest BCUT2D eigenvalue weighted by Gasteiger charge is 2.31. The molecule has 1 aliphatic heterocycles. The Morgan fingerprint density at radius 3 is 2.82 bits per heavy atom. The lowest BCUT2D eigenvalue weighted by Crippen LogP contribution is -2.07. The number of aromatic amines is 1. The number of hydrogen-bond donors (Lipinski definition) is 1. The van der Waals surface area contributed by atoms with E-state index < -0.39 is 11.6 Å². The van der Waals surface area contributed by atoms with Crippen molar-refractivity contribution in [3.8, 4) is 5.75 Å². The number of H-pyrrole nitrogens is 1. The van der Waals surface area contributed by atoms with E-state index in [2.05, 4.69) is 31.8 Å². The Balaban J connectivity index is 1.36. The van der Waals surface area contributed by atoms with Gasteiger partial charge in [-0.3, -0.25) is 9.51 Å². The van der Waals surface area contributed by atoms with Gasteiger partial charge in [-0.15, -0.1) is 0 Å². The minimum atomic E-state index is -0.646. The summed E-state index contributed by atoms with van der Waals surface area (Å²) in [6, 6.07) is 12.4. The lowest BCUT2D eigenvalue weighted by atomic mass is 9.89. The lowest BCUT2D eigenvalue weighted by Gasteiger charge is -2.15.